The third-order valence-corrected chi connectivity index (χ3v) is 4.42. The van der Waals surface area contributed by atoms with Gasteiger partial charge in [0.2, 0.25) is 23.6 Å². The SMILES string of the molecule is CC(NC(=O)C(CC(N)=O)NC(=O)C(N)Cc1ccccc1)C(=O)NC(CC(=O)O)C(=O)O. The first-order valence-corrected chi connectivity index (χ1v) is 9.84. The number of benzene rings is 1. The number of carbonyl (C=O) groups excluding carboxylic acids is 4. The van der Waals surface area contributed by atoms with Gasteiger partial charge in [0.1, 0.15) is 18.1 Å². The summed E-state index contributed by atoms with van der Waals surface area (Å²) in [6.07, 6.45) is -1.29. The third kappa shape index (κ3) is 9.78. The average Bonchev–Trinajstić information content (AvgIpc) is 2.72. The second kappa shape index (κ2) is 12.8. The fraction of sp³-hybridized carbons (Fsp3) is 0.400. The Labute approximate surface area is 188 Å². The van der Waals surface area contributed by atoms with Crippen molar-refractivity contribution in [3.8, 4) is 0 Å². The normalized spacial score (nSPS) is 14.1. The number of primary amides is 1. The minimum atomic E-state index is -1.72. The van der Waals surface area contributed by atoms with Gasteiger partial charge in [0.05, 0.1) is 18.9 Å². The molecule has 0 aromatic heterocycles. The van der Waals surface area contributed by atoms with Crippen molar-refractivity contribution < 1.29 is 39.0 Å². The number of hydrogen-bond donors (Lipinski definition) is 7. The Morgan fingerprint density at radius 3 is 1.94 bits per heavy atom. The first kappa shape index (κ1) is 27.0. The van der Waals surface area contributed by atoms with E-state index >= 15 is 0 Å². The molecule has 1 aromatic carbocycles. The molecule has 180 valence electrons. The molecule has 9 N–H and O–H groups in total. The number of amides is 4. The molecule has 0 aliphatic carbocycles. The van der Waals surface area contributed by atoms with Gasteiger partial charge in [-0.1, -0.05) is 30.3 Å². The summed E-state index contributed by atoms with van der Waals surface area (Å²) < 4.78 is 0. The molecule has 4 unspecified atom stereocenters. The largest absolute Gasteiger partial charge is 0.481 e. The summed E-state index contributed by atoms with van der Waals surface area (Å²) in [6, 6.07) is 3.32. The third-order valence-electron chi connectivity index (χ3n) is 4.42. The van der Waals surface area contributed by atoms with Gasteiger partial charge in [-0.15, -0.1) is 0 Å². The van der Waals surface area contributed by atoms with Crippen LogP contribution in [0.4, 0.5) is 0 Å². The lowest BCUT2D eigenvalue weighted by atomic mass is 10.1. The minimum absolute atomic E-state index is 0.163. The monoisotopic (exact) mass is 465 g/mol. The first-order chi connectivity index (χ1) is 15.4. The van der Waals surface area contributed by atoms with Crippen LogP contribution in [-0.2, 0) is 35.2 Å². The molecule has 33 heavy (non-hydrogen) atoms. The van der Waals surface area contributed by atoms with E-state index in [0.717, 1.165) is 5.56 Å². The van der Waals surface area contributed by atoms with Crippen molar-refractivity contribution in [2.24, 2.45) is 11.5 Å². The molecule has 0 fully saturated rings. The van der Waals surface area contributed by atoms with E-state index in [-0.39, 0.29) is 6.42 Å². The molecule has 0 heterocycles. The summed E-state index contributed by atoms with van der Waals surface area (Å²) in [5.74, 6) is -6.59. The second-order valence-corrected chi connectivity index (χ2v) is 7.26. The van der Waals surface area contributed by atoms with Crippen molar-refractivity contribution in [2.75, 3.05) is 0 Å². The van der Waals surface area contributed by atoms with E-state index in [2.05, 4.69) is 10.6 Å². The maximum absolute atomic E-state index is 12.5. The molecule has 0 radical (unpaired) electrons. The number of carboxylic acids is 2. The fourth-order valence-corrected chi connectivity index (χ4v) is 2.70. The van der Waals surface area contributed by atoms with E-state index in [4.69, 9.17) is 21.7 Å². The minimum Gasteiger partial charge on any atom is -0.481 e. The summed E-state index contributed by atoms with van der Waals surface area (Å²) in [5.41, 5.74) is 11.8. The summed E-state index contributed by atoms with van der Waals surface area (Å²) in [4.78, 5) is 70.3. The first-order valence-electron chi connectivity index (χ1n) is 9.84. The van der Waals surface area contributed by atoms with Gasteiger partial charge in [0.15, 0.2) is 0 Å². The molecular formula is C20H27N5O8. The van der Waals surface area contributed by atoms with Crippen LogP contribution in [-0.4, -0.2) is 69.9 Å². The summed E-state index contributed by atoms with van der Waals surface area (Å²) in [6.45, 7) is 1.21. The van der Waals surface area contributed by atoms with Gasteiger partial charge in [-0.3, -0.25) is 24.0 Å². The number of aliphatic carboxylic acids is 2. The predicted molar refractivity (Wildman–Crippen MR) is 113 cm³/mol. The highest BCUT2D eigenvalue weighted by atomic mass is 16.4. The quantitative estimate of drug-likeness (QED) is 0.162. The Bertz CT molecular complexity index is 892. The van der Waals surface area contributed by atoms with Crippen molar-refractivity contribution in [3.63, 3.8) is 0 Å². The summed E-state index contributed by atoms with van der Waals surface area (Å²) >= 11 is 0. The van der Waals surface area contributed by atoms with Gasteiger partial charge in [-0.25, -0.2) is 4.79 Å². The Morgan fingerprint density at radius 1 is 0.848 bits per heavy atom. The van der Waals surface area contributed by atoms with Gasteiger partial charge >= 0.3 is 11.9 Å². The van der Waals surface area contributed by atoms with Crippen LogP contribution in [0.1, 0.15) is 25.3 Å². The van der Waals surface area contributed by atoms with Crippen molar-refractivity contribution in [3.05, 3.63) is 35.9 Å². The number of nitrogens with two attached hydrogens (primary N) is 2. The zero-order chi connectivity index (χ0) is 25.1. The van der Waals surface area contributed by atoms with Crippen LogP contribution in [0.3, 0.4) is 0 Å². The van der Waals surface area contributed by atoms with Crippen LogP contribution < -0.4 is 27.4 Å². The standard InChI is InChI=1S/C20H27N5O8/c1-10(17(29)25-14(20(32)33)9-16(27)28)23-19(31)13(8-15(22)26)24-18(30)12(21)7-11-5-3-2-4-6-11/h2-6,10,12-14H,7-9,21H2,1H3,(H2,22,26)(H,23,31)(H,24,30)(H,25,29)(H,27,28)(H,32,33). The van der Waals surface area contributed by atoms with Crippen molar-refractivity contribution in [1.82, 2.24) is 16.0 Å². The van der Waals surface area contributed by atoms with Gasteiger partial charge in [0.25, 0.3) is 0 Å². The maximum Gasteiger partial charge on any atom is 0.326 e. The number of carbonyl (C=O) groups is 6. The summed E-state index contributed by atoms with van der Waals surface area (Å²) in [7, 11) is 0. The smallest absolute Gasteiger partial charge is 0.326 e. The molecule has 0 saturated heterocycles. The fourth-order valence-electron chi connectivity index (χ4n) is 2.70. The molecule has 4 amide bonds. The second-order valence-electron chi connectivity index (χ2n) is 7.26. The topological polar surface area (TPSA) is 231 Å². The number of rotatable bonds is 13. The van der Waals surface area contributed by atoms with Gasteiger partial charge in [-0.2, -0.15) is 0 Å². The van der Waals surface area contributed by atoms with Crippen LogP contribution in [0, 0.1) is 0 Å². The van der Waals surface area contributed by atoms with E-state index in [1.54, 1.807) is 30.3 Å². The van der Waals surface area contributed by atoms with Crippen LogP contribution in [0.5, 0.6) is 0 Å². The predicted octanol–water partition coefficient (Wildman–Crippen LogP) is -2.53. The highest BCUT2D eigenvalue weighted by molar-refractivity contribution is 5.96. The van der Waals surface area contributed by atoms with Crippen molar-refractivity contribution in [2.45, 2.75) is 50.4 Å². The van der Waals surface area contributed by atoms with E-state index in [0.29, 0.717) is 0 Å². The zero-order valence-electron chi connectivity index (χ0n) is 17.8. The van der Waals surface area contributed by atoms with Crippen LogP contribution in [0.25, 0.3) is 0 Å². The van der Waals surface area contributed by atoms with Crippen LogP contribution in [0.15, 0.2) is 30.3 Å². The van der Waals surface area contributed by atoms with E-state index in [1.807, 2.05) is 5.32 Å². The van der Waals surface area contributed by atoms with Gasteiger partial charge in [-0.05, 0) is 18.9 Å². The molecule has 1 rings (SSSR count). The molecule has 0 aliphatic heterocycles. The number of nitrogens with one attached hydrogen (secondary N) is 3. The highest BCUT2D eigenvalue weighted by Gasteiger charge is 2.30. The zero-order valence-corrected chi connectivity index (χ0v) is 17.8. The lowest BCUT2D eigenvalue weighted by Crippen LogP contribution is -2.57. The highest BCUT2D eigenvalue weighted by Crippen LogP contribution is 2.03. The van der Waals surface area contributed by atoms with Crippen LogP contribution in [0.2, 0.25) is 0 Å². The van der Waals surface area contributed by atoms with E-state index in [1.165, 1.54) is 6.92 Å². The van der Waals surface area contributed by atoms with Crippen molar-refractivity contribution in [1.29, 1.82) is 0 Å². The lowest BCUT2D eigenvalue weighted by molar-refractivity contribution is -0.147. The Hall–Kier alpha value is -4.00. The van der Waals surface area contributed by atoms with Gasteiger partial charge < -0.3 is 37.6 Å². The molecule has 0 spiro atoms. The van der Waals surface area contributed by atoms with Crippen LogP contribution >= 0.6 is 0 Å². The molecule has 4 atom stereocenters. The van der Waals surface area contributed by atoms with E-state index < -0.39 is 72.6 Å². The number of carboxylic acid groups (broad SMARTS) is 2. The molecule has 13 nitrogen and oxygen atoms in total. The Kier molecular flexibility index (Phi) is 10.5. The molecule has 0 bridgehead atoms. The Balaban J connectivity index is 2.78. The molecule has 1 aromatic rings. The Morgan fingerprint density at radius 2 is 1.42 bits per heavy atom. The average molecular weight is 465 g/mol. The molecule has 13 heteroatoms. The lowest BCUT2D eigenvalue weighted by Gasteiger charge is -2.22. The molecular weight excluding hydrogens is 438 g/mol. The van der Waals surface area contributed by atoms with E-state index in [9.17, 15) is 28.8 Å². The molecule has 0 saturated carbocycles. The maximum atomic E-state index is 12.5. The van der Waals surface area contributed by atoms with Crippen molar-refractivity contribution >= 4 is 35.6 Å². The molecule has 0 aliphatic rings. The number of hydrogen-bond acceptors (Lipinski definition) is 7. The van der Waals surface area contributed by atoms with Gasteiger partial charge in [0, 0.05) is 0 Å². The summed E-state index contributed by atoms with van der Waals surface area (Å²) in [5, 5.41) is 24.3.